The van der Waals surface area contributed by atoms with Crippen LogP contribution in [0.1, 0.15) is 38.4 Å². The van der Waals surface area contributed by atoms with Crippen molar-refractivity contribution in [3.8, 4) is 11.3 Å². The third-order valence-corrected chi connectivity index (χ3v) is 7.81. The lowest BCUT2D eigenvalue weighted by Gasteiger charge is -2.35. The number of halogens is 1. The number of benzene rings is 1. The van der Waals surface area contributed by atoms with Crippen LogP contribution in [0.5, 0.6) is 0 Å². The van der Waals surface area contributed by atoms with Gasteiger partial charge in [0.1, 0.15) is 11.5 Å². The second-order valence-electron chi connectivity index (χ2n) is 10.7. The van der Waals surface area contributed by atoms with Crippen molar-refractivity contribution >= 4 is 28.4 Å². The molecule has 8 nitrogen and oxygen atoms in total. The molecule has 0 atom stereocenters. The van der Waals surface area contributed by atoms with E-state index < -0.39 is 5.82 Å². The molecule has 1 saturated heterocycles. The number of hydrogen-bond acceptors (Lipinski definition) is 7. The van der Waals surface area contributed by atoms with Crippen LogP contribution in [0, 0.1) is 12.7 Å². The van der Waals surface area contributed by atoms with Gasteiger partial charge in [-0.05, 0) is 49.7 Å². The first-order chi connectivity index (χ1) is 17.8. The Morgan fingerprint density at radius 1 is 1.03 bits per heavy atom. The van der Waals surface area contributed by atoms with Crippen LogP contribution >= 0.6 is 0 Å². The molecule has 0 bridgehead atoms. The standard InChI is InChI=1S/C28H33FN8/c1-5-35-10-12-36(13-11-35)20-6-7-23(30-16-20)32-27-31-17-22(29)25(33-27)19-14-18(2)24-21(15-19)26-28(3,4)8-9-37(26)34-24/h6-7,14-17H,5,8-13H2,1-4H3,(H,30,31,32,33). The predicted octanol–water partition coefficient (Wildman–Crippen LogP) is 4.90. The lowest BCUT2D eigenvalue weighted by molar-refractivity contribution is 0.271. The second-order valence-corrected chi connectivity index (χ2v) is 10.7. The maximum absolute atomic E-state index is 15.0. The zero-order valence-electron chi connectivity index (χ0n) is 21.9. The summed E-state index contributed by atoms with van der Waals surface area (Å²) in [5, 5.41) is 9.05. The number of nitrogens with zero attached hydrogens (tertiary/aromatic N) is 7. The highest BCUT2D eigenvalue weighted by atomic mass is 19.1. The summed E-state index contributed by atoms with van der Waals surface area (Å²) in [6.07, 6.45) is 4.14. The third-order valence-electron chi connectivity index (χ3n) is 7.81. The van der Waals surface area contributed by atoms with E-state index in [9.17, 15) is 4.39 Å². The van der Waals surface area contributed by atoms with Crippen molar-refractivity contribution in [1.29, 1.82) is 0 Å². The van der Waals surface area contributed by atoms with Crippen LogP contribution in [0.15, 0.2) is 36.7 Å². The Kier molecular flexibility index (Phi) is 5.82. The fourth-order valence-corrected chi connectivity index (χ4v) is 5.63. The van der Waals surface area contributed by atoms with Crippen molar-refractivity contribution in [2.24, 2.45) is 0 Å². The highest BCUT2D eigenvalue weighted by Crippen LogP contribution is 2.41. The van der Waals surface area contributed by atoms with E-state index >= 15 is 0 Å². The Morgan fingerprint density at radius 2 is 1.84 bits per heavy atom. The van der Waals surface area contributed by atoms with E-state index in [4.69, 9.17) is 5.10 Å². The molecule has 5 heterocycles. The summed E-state index contributed by atoms with van der Waals surface area (Å²) >= 11 is 0. The van der Waals surface area contributed by atoms with Crippen LogP contribution in [0.3, 0.4) is 0 Å². The number of hydrogen-bond donors (Lipinski definition) is 1. The van der Waals surface area contributed by atoms with Gasteiger partial charge >= 0.3 is 0 Å². The number of nitrogens with one attached hydrogen (secondary N) is 1. The number of rotatable bonds is 5. The summed E-state index contributed by atoms with van der Waals surface area (Å²) in [5.74, 6) is 0.477. The number of pyridine rings is 1. The van der Waals surface area contributed by atoms with Gasteiger partial charge in [0.2, 0.25) is 5.95 Å². The minimum absolute atomic E-state index is 0.0260. The van der Waals surface area contributed by atoms with E-state index in [1.165, 1.54) is 11.9 Å². The predicted molar refractivity (Wildman–Crippen MR) is 145 cm³/mol. The average molecular weight is 501 g/mol. The fourth-order valence-electron chi connectivity index (χ4n) is 5.63. The smallest absolute Gasteiger partial charge is 0.229 e. The highest BCUT2D eigenvalue weighted by molar-refractivity contribution is 5.90. The zero-order valence-corrected chi connectivity index (χ0v) is 21.9. The fraction of sp³-hybridized carbons (Fsp3) is 0.429. The van der Waals surface area contributed by atoms with E-state index in [2.05, 4.69) is 61.6 Å². The molecule has 0 saturated carbocycles. The molecule has 2 aliphatic rings. The van der Waals surface area contributed by atoms with Crippen molar-refractivity contribution in [2.75, 3.05) is 42.9 Å². The number of piperazine rings is 1. The summed E-state index contributed by atoms with van der Waals surface area (Å²) in [4.78, 5) is 18.1. The van der Waals surface area contributed by atoms with Gasteiger partial charge in [-0.15, -0.1) is 0 Å². The quantitative estimate of drug-likeness (QED) is 0.418. The lowest BCUT2D eigenvalue weighted by Crippen LogP contribution is -2.46. The molecule has 37 heavy (non-hydrogen) atoms. The minimum atomic E-state index is -0.457. The topological polar surface area (TPSA) is 75.0 Å². The minimum Gasteiger partial charge on any atom is -0.368 e. The summed E-state index contributed by atoms with van der Waals surface area (Å²) < 4.78 is 17.1. The van der Waals surface area contributed by atoms with Crippen molar-refractivity contribution in [3.63, 3.8) is 0 Å². The molecule has 3 aromatic heterocycles. The van der Waals surface area contributed by atoms with Crippen LogP contribution in [0.25, 0.3) is 22.2 Å². The van der Waals surface area contributed by atoms with Crippen LogP contribution in [-0.4, -0.2) is 62.4 Å². The van der Waals surface area contributed by atoms with Gasteiger partial charge in [0, 0.05) is 49.1 Å². The first-order valence-corrected chi connectivity index (χ1v) is 13.1. The lowest BCUT2D eigenvalue weighted by atomic mass is 9.86. The first kappa shape index (κ1) is 23.8. The zero-order chi connectivity index (χ0) is 25.7. The van der Waals surface area contributed by atoms with Crippen molar-refractivity contribution in [3.05, 3.63) is 53.7 Å². The maximum Gasteiger partial charge on any atom is 0.229 e. The van der Waals surface area contributed by atoms with Gasteiger partial charge in [0.05, 0.1) is 29.3 Å². The number of likely N-dealkylation sites (N-methyl/N-ethyl adjacent to an activating group) is 1. The Hall–Kier alpha value is -3.59. The van der Waals surface area contributed by atoms with E-state index in [-0.39, 0.29) is 11.1 Å². The van der Waals surface area contributed by atoms with Gasteiger partial charge in [-0.1, -0.05) is 20.8 Å². The number of fused-ring (bicyclic) bond motifs is 3. The normalized spacial score (nSPS) is 17.4. The van der Waals surface area contributed by atoms with Crippen molar-refractivity contribution in [1.82, 2.24) is 29.6 Å². The summed E-state index contributed by atoms with van der Waals surface area (Å²) in [7, 11) is 0. The molecule has 1 N–H and O–H groups in total. The Balaban J connectivity index is 1.26. The Labute approximate surface area is 216 Å². The molecule has 1 fully saturated rings. The van der Waals surface area contributed by atoms with Gasteiger partial charge in [0.25, 0.3) is 0 Å². The van der Waals surface area contributed by atoms with Crippen LogP contribution < -0.4 is 10.2 Å². The molecule has 1 aromatic carbocycles. The van der Waals surface area contributed by atoms with Crippen molar-refractivity contribution < 1.29 is 4.39 Å². The molecular weight excluding hydrogens is 467 g/mol. The summed E-state index contributed by atoms with van der Waals surface area (Å²) in [5.41, 5.74) is 5.31. The van der Waals surface area contributed by atoms with Crippen LogP contribution in [-0.2, 0) is 12.0 Å². The maximum atomic E-state index is 15.0. The van der Waals surface area contributed by atoms with Gasteiger partial charge in [-0.3, -0.25) is 4.68 Å². The van der Waals surface area contributed by atoms with E-state index in [0.29, 0.717) is 11.8 Å². The molecule has 0 radical (unpaired) electrons. The molecule has 0 aliphatic carbocycles. The van der Waals surface area contributed by atoms with Crippen molar-refractivity contribution in [2.45, 2.75) is 46.1 Å². The number of aryl methyl sites for hydroxylation is 2. The van der Waals surface area contributed by atoms with Gasteiger partial charge in [0.15, 0.2) is 5.82 Å². The monoisotopic (exact) mass is 500 g/mol. The van der Waals surface area contributed by atoms with Crippen LogP contribution in [0.2, 0.25) is 0 Å². The SMILES string of the molecule is CCN1CCN(c2ccc(Nc3ncc(F)c(-c4cc(C)c5nn6c(c5c4)C(C)(C)CC6)n3)nc2)CC1. The van der Waals surface area contributed by atoms with E-state index in [1.54, 1.807) is 0 Å². The molecular formula is C28H33FN8. The second kappa shape index (κ2) is 9.06. The Morgan fingerprint density at radius 3 is 2.57 bits per heavy atom. The molecule has 0 unspecified atom stereocenters. The van der Waals surface area contributed by atoms with Gasteiger partial charge in [-0.25, -0.2) is 19.3 Å². The Bertz CT molecular complexity index is 1450. The molecule has 9 heteroatoms. The van der Waals surface area contributed by atoms with E-state index in [1.807, 2.05) is 31.3 Å². The van der Waals surface area contributed by atoms with Gasteiger partial charge < -0.3 is 15.1 Å². The molecule has 192 valence electrons. The summed E-state index contributed by atoms with van der Waals surface area (Å²) in [6.45, 7) is 14.8. The van der Waals surface area contributed by atoms with Crippen LogP contribution in [0.4, 0.5) is 21.8 Å². The molecule has 2 aliphatic heterocycles. The summed E-state index contributed by atoms with van der Waals surface area (Å²) in [6, 6.07) is 7.96. The average Bonchev–Trinajstić information content (AvgIpc) is 3.43. The molecule has 4 aromatic rings. The first-order valence-electron chi connectivity index (χ1n) is 13.1. The number of aromatic nitrogens is 5. The largest absolute Gasteiger partial charge is 0.368 e. The number of anilines is 3. The van der Waals surface area contributed by atoms with Gasteiger partial charge in [-0.2, -0.15) is 5.10 Å². The highest BCUT2D eigenvalue weighted by Gasteiger charge is 2.34. The van der Waals surface area contributed by atoms with E-state index in [0.717, 1.165) is 73.4 Å². The molecule has 6 rings (SSSR count). The third kappa shape index (κ3) is 4.31. The molecule has 0 amide bonds. The molecule has 0 spiro atoms.